The molecule has 2 fully saturated rings. The van der Waals surface area contributed by atoms with Crippen LogP contribution in [0, 0.1) is 5.92 Å². The number of nitrogens with one attached hydrogen (secondary N) is 2. The molecule has 13 heteroatoms. The molecule has 0 aliphatic carbocycles. The maximum absolute atomic E-state index is 12.8. The molecule has 0 bridgehead atoms. The number of rotatable bonds is 5. The van der Waals surface area contributed by atoms with E-state index in [1.807, 2.05) is 12.1 Å². The zero-order valence-electron chi connectivity index (χ0n) is 19.0. The monoisotopic (exact) mass is 498 g/mol. The highest BCUT2D eigenvalue weighted by Gasteiger charge is 2.28. The number of anilines is 1. The van der Waals surface area contributed by atoms with E-state index >= 15 is 0 Å². The summed E-state index contributed by atoms with van der Waals surface area (Å²) in [7, 11) is -3.63. The molecule has 3 aromatic rings. The van der Waals surface area contributed by atoms with Gasteiger partial charge in [0.15, 0.2) is 5.65 Å². The average molecular weight is 499 g/mol. The van der Waals surface area contributed by atoms with Gasteiger partial charge in [0.1, 0.15) is 12.1 Å². The van der Waals surface area contributed by atoms with E-state index in [0.29, 0.717) is 44.7 Å². The van der Waals surface area contributed by atoms with Gasteiger partial charge in [-0.3, -0.25) is 20.4 Å². The molecule has 2 N–H and O–H groups in total. The highest BCUT2D eigenvalue weighted by Crippen LogP contribution is 2.23. The zero-order chi connectivity index (χ0) is 24.4. The number of piperidine rings is 1. The van der Waals surface area contributed by atoms with Crippen molar-refractivity contribution in [3.05, 3.63) is 48.3 Å². The first-order chi connectivity index (χ1) is 16.9. The Balaban J connectivity index is 1.15. The number of benzene rings is 1. The lowest BCUT2D eigenvalue weighted by Gasteiger charge is -2.31. The van der Waals surface area contributed by atoms with Gasteiger partial charge in [0.2, 0.25) is 15.9 Å². The van der Waals surface area contributed by atoms with E-state index in [9.17, 15) is 18.0 Å². The molecule has 0 unspecified atom stereocenters. The molecule has 184 valence electrons. The number of aromatic nitrogens is 4. The number of carbonyl (C=O) groups excluding carboxylic acids is 2. The highest BCUT2D eigenvalue weighted by molar-refractivity contribution is 7.89. The Hall–Kier alpha value is -3.58. The fourth-order valence-corrected chi connectivity index (χ4v) is 5.99. The molecule has 2 aliphatic rings. The SMILES string of the molecule is O=C(NNC(=O)C1CCN(c2ccc3nncn3n2)CC1)c1cccc(S(=O)(=O)N2CCCC2)c1. The van der Waals surface area contributed by atoms with Gasteiger partial charge in [-0.05, 0) is 56.0 Å². The zero-order valence-corrected chi connectivity index (χ0v) is 19.8. The Morgan fingerprint density at radius 1 is 0.971 bits per heavy atom. The molecule has 0 saturated carbocycles. The summed E-state index contributed by atoms with van der Waals surface area (Å²) in [5, 5.41) is 12.3. The van der Waals surface area contributed by atoms with Gasteiger partial charge < -0.3 is 4.90 Å². The Morgan fingerprint density at radius 3 is 2.51 bits per heavy atom. The maximum atomic E-state index is 12.8. The van der Waals surface area contributed by atoms with Crippen LogP contribution in [-0.2, 0) is 14.8 Å². The molecule has 2 amide bonds. The molecule has 2 aromatic heterocycles. The summed E-state index contributed by atoms with van der Waals surface area (Å²) in [6.45, 7) is 2.25. The van der Waals surface area contributed by atoms with Crippen LogP contribution in [0.25, 0.3) is 5.65 Å². The number of fused-ring (bicyclic) bond motifs is 1. The topological polar surface area (TPSA) is 142 Å². The van der Waals surface area contributed by atoms with Gasteiger partial charge in [0.05, 0.1) is 4.90 Å². The van der Waals surface area contributed by atoms with Gasteiger partial charge in [-0.25, -0.2) is 8.42 Å². The number of sulfonamides is 1. The van der Waals surface area contributed by atoms with Crippen LogP contribution in [-0.4, -0.2) is 70.5 Å². The van der Waals surface area contributed by atoms with Crippen molar-refractivity contribution < 1.29 is 18.0 Å². The molecular formula is C22H26N8O4S. The van der Waals surface area contributed by atoms with Crippen molar-refractivity contribution in [2.75, 3.05) is 31.1 Å². The van der Waals surface area contributed by atoms with Crippen molar-refractivity contribution in [3.63, 3.8) is 0 Å². The molecule has 2 aliphatic heterocycles. The van der Waals surface area contributed by atoms with Crippen molar-refractivity contribution in [1.82, 2.24) is 35.0 Å². The summed E-state index contributed by atoms with van der Waals surface area (Å²) in [6.07, 6.45) is 4.41. The van der Waals surface area contributed by atoms with Gasteiger partial charge in [0, 0.05) is 37.7 Å². The third kappa shape index (κ3) is 4.82. The van der Waals surface area contributed by atoms with Gasteiger partial charge in [-0.2, -0.15) is 8.82 Å². The second kappa shape index (κ2) is 9.58. The summed E-state index contributed by atoms with van der Waals surface area (Å²) in [5.41, 5.74) is 5.73. The minimum Gasteiger partial charge on any atom is -0.355 e. The van der Waals surface area contributed by atoms with Crippen molar-refractivity contribution in [1.29, 1.82) is 0 Å². The number of hydrogen-bond donors (Lipinski definition) is 2. The van der Waals surface area contributed by atoms with Crippen molar-refractivity contribution >= 4 is 33.3 Å². The maximum Gasteiger partial charge on any atom is 0.269 e. The number of hydrogen-bond acceptors (Lipinski definition) is 8. The molecule has 4 heterocycles. The highest BCUT2D eigenvalue weighted by atomic mass is 32.2. The Morgan fingerprint density at radius 2 is 1.74 bits per heavy atom. The minimum absolute atomic E-state index is 0.0732. The summed E-state index contributed by atoms with van der Waals surface area (Å²) in [4.78, 5) is 27.4. The molecule has 12 nitrogen and oxygen atoms in total. The van der Waals surface area contributed by atoms with E-state index < -0.39 is 15.9 Å². The standard InChI is InChI=1S/C22H26N8O4S/c31-21(16-8-12-28(13-9-16)20-7-6-19-24-23-15-30(19)27-20)25-26-22(32)17-4-3-5-18(14-17)35(33,34)29-10-1-2-11-29/h3-7,14-16H,1-2,8-13H2,(H,25,31)(H,26,32). The van der Waals surface area contributed by atoms with Crippen LogP contribution in [0.15, 0.2) is 47.6 Å². The largest absolute Gasteiger partial charge is 0.355 e. The second-order valence-corrected chi connectivity index (χ2v) is 10.6. The molecule has 0 spiro atoms. The molecule has 1 aromatic carbocycles. The molecule has 2 saturated heterocycles. The lowest BCUT2D eigenvalue weighted by Crippen LogP contribution is -2.47. The molecule has 0 atom stereocenters. The average Bonchev–Trinajstić information content (AvgIpc) is 3.59. The van der Waals surface area contributed by atoms with Gasteiger partial charge in [-0.1, -0.05) is 6.07 Å². The number of hydrazine groups is 1. The minimum atomic E-state index is -3.63. The Labute approximate surface area is 202 Å². The van der Waals surface area contributed by atoms with E-state index in [-0.39, 0.29) is 22.3 Å². The fourth-order valence-electron chi connectivity index (χ4n) is 4.43. The molecule has 0 radical (unpaired) electrons. The van der Waals surface area contributed by atoms with E-state index in [0.717, 1.165) is 18.7 Å². The fraction of sp³-hybridized carbons (Fsp3) is 0.409. The normalized spacial score (nSPS) is 17.5. The third-order valence-corrected chi connectivity index (χ3v) is 8.33. The molecule has 35 heavy (non-hydrogen) atoms. The molecular weight excluding hydrogens is 472 g/mol. The van der Waals surface area contributed by atoms with Crippen LogP contribution in [0.5, 0.6) is 0 Å². The quantitative estimate of drug-likeness (QED) is 0.487. The van der Waals surface area contributed by atoms with Crippen LogP contribution in [0.2, 0.25) is 0 Å². The Kier molecular flexibility index (Phi) is 6.34. The molecule has 5 rings (SSSR count). The van der Waals surface area contributed by atoms with Crippen molar-refractivity contribution in [2.45, 2.75) is 30.6 Å². The summed E-state index contributed by atoms with van der Waals surface area (Å²) in [6, 6.07) is 9.58. The Bertz CT molecular complexity index is 1340. The summed E-state index contributed by atoms with van der Waals surface area (Å²) in [5.74, 6) is -0.318. The van der Waals surface area contributed by atoms with E-state index in [2.05, 4.69) is 31.0 Å². The second-order valence-electron chi connectivity index (χ2n) is 8.67. The van der Waals surface area contributed by atoms with E-state index in [1.54, 1.807) is 10.8 Å². The van der Waals surface area contributed by atoms with E-state index in [1.165, 1.54) is 28.6 Å². The first kappa shape index (κ1) is 23.2. The van der Waals surface area contributed by atoms with Crippen molar-refractivity contribution in [3.8, 4) is 0 Å². The summed E-state index contributed by atoms with van der Waals surface area (Å²) < 4.78 is 28.6. The van der Waals surface area contributed by atoms with Gasteiger partial charge >= 0.3 is 0 Å². The predicted molar refractivity (Wildman–Crippen MR) is 126 cm³/mol. The summed E-state index contributed by atoms with van der Waals surface area (Å²) >= 11 is 0. The lowest BCUT2D eigenvalue weighted by atomic mass is 9.96. The predicted octanol–water partition coefficient (Wildman–Crippen LogP) is 0.586. The van der Waals surface area contributed by atoms with Crippen LogP contribution < -0.4 is 15.8 Å². The van der Waals surface area contributed by atoms with Crippen LogP contribution in [0.4, 0.5) is 5.82 Å². The van der Waals surface area contributed by atoms with Crippen molar-refractivity contribution in [2.24, 2.45) is 5.92 Å². The van der Waals surface area contributed by atoms with Gasteiger partial charge in [-0.15, -0.1) is 15.3 Å². The van der Waals surface area contributed by atoms with Crippen LogP contribution >= 0.6 is 0 Å². The number of amides is 2. The third-order valence-electron chi connectivity index (χ3n) is 6.44. The smallest absolute Gasteiger partial charge is 0.269 e. The first-order valence-corrected chi connectivity index (χ1v) is 13.0. The van der Waals surface area contributed by atoms with Gasteiger partial charge in [0.25, 0.3) is 5.91 Å². The number of carbonyl (C=O) groups is 2. The lowest BCUT2D eigenvalue weighted by molar-refractivity contribution is -0.126. The van der Waals surface area contributed by atoms with E-state index in [4.69, 9.17) is 0 Å². The number of nitrogens with zero attached hydrogens (tertiary/aromatic N) is 6. The van der Waals surface area contributed by atoms with Crippen LogP contribution in [0.3, 0.4) is 0 Å². The van der Waals surface area contributed by atoms with Crippen LogP contribution in [0.1, 0.15) is 36.0 Å². The first-order valence-electron chi connectivity index (χ1n) is 11.5.